The van der Waals surface area contributed by atoms with Crippen LogP contribution in [0.4, 0.5) is 10.8 Å². The molecule has 0 unspecified atom stereocenters. The van der Waals surface area contributed by atoms with Crippen molar-refractivity contribution in [2.45, 2.75) is 13.8 Å². The van der Waals surface area contributed by atoms with Gasteiger partial charge in [0, 0.05) is 23.6 Å². The topological polar surface area (TPSA) is 75.6 Å². The molecule has 0 aliphatic heterocycles. The standard InChI is InChI=1S/C20H19ClN4O2S/c1-3-27-19-9-4-14(10-17(19)21)11-22-25-20-24-18(12-28-20)15-5-7-16(8-6-15)23-13(2)26/h4-12H,3H2,1-2H3,(H,23,26)(H,24,25)/b22-11-. The van der Waals surface area contributed by atoms with E-state index in [0.29, 0.717) is 22.5 Å². The van der Waals surface area contributed by atoms with Gasteiger partial charge in [-0.25, -0.2) is 4.98 Å². The van der Waals surface area contributed by atoms with Crippen LogP contribution in [0, 0.1) is 0 Å². The maximum absolute atomic E-state index is 11.1. The molecular formula is C20H19ClN4O2S. The summed E-state index contributed by atoms with van der Waals surface area (Å²) in [7, 11) is 0. The summed E-state index contributed by atoms with van der Waals surface area (Å²) in [6.45, 7) is 3.96. The largest absolute Gasteiger partial charge is 0.492 e. The van der Waals surface area contributed by atoms with Crippen molar-refractivity contribution < 1.29 is 9.53 Å². The first-order chi connectivity index (χ1) is 13.5. The molecule has 0 aliphatic rings. The van der Waals surface area contributed by atoms with E-state index in [1.165, 1.54) is 18.3 Å². The summed E-state index contributed by atoms with van der Waals surface area (Å²) in [5.74, 6) is 0.558. The second kappa shape index (κ2) is 9.34. The number of hydrogen-bond donors (Lipinski definition) is 2. The summed E-state index contributed by atoms with van der Waals surface area (Å²) in [5.41, 5.74) is 6.33. The lowest BCUT2D eigenvalue weighted by Gasteiger charge is -2.05. The number of ether oxygens (including phenoxy) is 1. The normalized spacial score (nSPS) is 10.8. The van der Waals surface area contributed by atoms with Crippen LogP contribution in [0.1, 0.15) is 19.4 Å². The molecule has 0 saturated carbocycles. The third-order valence-electron chi connectivity index (χ3n) is 3.63. The van der Waals surface area contributed by atoms with Gasteiger partial charge in [-0.2, -0.15) is 5.10 Å². The Bertz CT molecular complexity index is 986. The molecule has 0 fully saturated rings. The van der Waals surface area contributed by atoms with Gasteiger partial charge in [0.2, 0.25) is 11.0 Å². The second-order valence-electron chi connectivity index (χ2n) is 5.79. The first-order valence-electron chi connectivity index (χ1n) is 8.60. The second-order valence-corrected chi connectivity index (χ2v) is 7.05. The third kappa shape index (κ3) is 5.31. The Morgan fingerprint density at radius 3 is 2.75 bits per heavy atom. The van der Waals surface area contributed by atoms with E-state index in [2.05, 4.69) is 20.8 Å². The zero-order chi connectivity index (χ0) is 19.9. The van der Waals surface area contributed by atoms with Gasteiger partial charge in [0.25, 0.3) is 0 Å². The highest BCUT2D eigenvalue weighted by molar-refractivity contribution is 7.14. The quantitative estimate of drug-likeness (QED) is 0.408. The van der Waals surface area contributed by atoms with Crippen molar-refractivity contribution in [1.29, 1.82) is 0 Å². The molecule has 3 aromatic rings. The van der Waals surface area contributed by atoms with E-state index in [1.807, 2.05) is 48.7 Å². The smallest absolute Gasteiger partial charge is 0.221 e. The van der Waals surface area contributed by atoms with Crippen LogP contribution in [0.15, 0.2) is 52.9 Å². The van der Waals surface area contributed by atoms with Gasteiger partial charge in [-0.05, 0) is 42.8 Å². The predicted molar refractivity (Wildman–Crippen MR) is 116 cm³/mol. The molecule has 2 N–H and O–H groups in total. The Labute approximate surface area is 172 Å². The molecule has 0 aliphatic carbocycles. The molecule has 0 saturated heterocycles. The highest BCUT2D eigenvalue weighted by Crippen LogP contribution is 2.27. The lowest BCUT2D eigenvalue weighted by atomic mass is 10.1. The maximum Gasteiger partial charge on any atom is 0.221 e. The number of carbonyl (C=O) groups is 1. The van der Waals surface area contributed by atoms with Crippen LogP contribution in [-0.4, -0.2) is 23.7 Å². The number of thiazole rings is 1. The van der Waals surface area contributed by atoms with Gasteiger partial charge in [0.1, 0.15) is 5.75 Å². The van der Waals surface area contributed by atoms with Crippen molar-refractivity contribution >= 4 is 45.9 Å². The summed E-state index contributed by atoms with van der Waals surface area (Å²) in [6, 6.07) is 13.0. The van der Waals surface area contributed by atoms with E-state index in [1.54, 1.807) is 12.3 Å². The monoisotopic (exact) mass is 414 g/mol. The first kappa shape index (κ1) is 19.9. The van der Waals surface area contributed by atoms with Gasteiger partial charge in [0.05, 0.1) is 23.5 Å². The Morgan fingerprint density at radius 1 is 1.29 bits per heavy atom. The molecule has 144 valence electrons. The molecule has 28 heavy (non-hydrogen) atoms. The number of amides is 1. The number of aromatic nitrogens is 1. The van der Waals surface area contributed by atoms with Gasteiger partial charge < -0.3 is 10.1 Å². The predicted octanol–water partition coefficient (Wildman–Crippen LogP) is 5.27. The Balaban J connectivity index is 1.62. The lowest BCUT2D eigenvalue weighted by Crippen LogP contribution is -2.05. The highest BCUT2D eigenvalue weighted by atomic mass is 35.5. The van der Waals surface area contributed by atoms with Crippen molar-refractivity contribution in [3.05, 3.63) is 58.4 Å². The van der Waals surface area contributed by atoms with Gasteiger partial charge in [0.15, 0.2) is 0 Å². The van der Waals surface area contributed by atoms with E-state index < -0.39 is 0 Å². The fraction of sp³-hybridized carbons (Fsp3) is 0.150. The van der Waals surface area contributed by atoms with Crippen molar-refractivity contribution in [3.8, 4) is 17.0 Å². The molecule has 0 atom stereocenters. The molecule has 1 amide bonds. The Morgan fingerprint density at radius 2 is 2.07 bits per heavy atom. The highest BCUT2D eigenvalue weighted by Gasteiger charge is 2.05. The Kier molecular flexibility index (Phi) is 6.62. The van der Waals surface area contributed by atoms with E-state index in [0.717, 1.165) is 22.5 Å². The summed E-state index contributed by atoms with van der Waals surface area (Å²) in [6.07, 6.45) is 1.67. The molecule has 2 aromatic carbocycles. The molecular weight excluding hydrogens is 396 g/mol. The average molecular weight is 415 g/mol. The zero-order valence-corrected chi connectivity index (χ0v) is 17.0. The molecule has 3 rings (SSSR count). The van der Waals surface area contributed by atoms with Gasteiger partial charge in [-0.15, -0.1) is 11.3 Å². The van der Waals surface area contributed by atoms with Crippen molar-refractivity contribution in [2.24, 2.45) is 5.10 Å². The van der Waals surface area contributed by atoms with E-state index in [4.69, 9.17) is 16.3 Å². The summed E-state index contributed by atoms with van der Waals surface area (Å²) in [5, 5.41) is 10.1. The molecule has 6 nitrogen and oxygen atoms in total. The number of nitrogens with zero attached hydrogens (tertiary/aromatic N) is 2. The van der Waals surface area contributed by atoms with E-state index >= 15 is 0 Å². The number of hydrazone groups is 1. The maximum atomic E-state index is 11.1. The van der Waals surface area contributed by atoms with Gasteiger partial charge in [-0.3, -0.25) is 10.2 Å². The Hall–Kier alpha value is -2.90. The summed E-state index contributed by atoms with van der Waals surface area (Å²) in [4.78, 5) is 15.6. The fourth-order valence-corrected chi connectivity index (χ4v) is 3.33. The summed E-state index contributed by atoms with van der Waals surface area (Å²) < 4.78 is 5.42. The lowest BCUT2D eigenvalue weighted by molar-refractivity contribution is -0.114. The number of carbonyl (C=O) groups excluding carboxylic acids is 1. The zero-order valence-electron chi connectivity index (χ0n) is 15.4. The van der Waals surface area contributed by atoms with Crippen molar-refractivity contribution in [1.82, 2.24) is 4.98 Å². The summed E-state index contributed by atoms with van der Waals surface area (Å²) >= 11 is 7.63. The van der Waals surface area contributed by atoms with Gasteiger partial charge >= 0.3 is 0 Å². The molecule has 0 spiro atoms. The fourth-order valence-electron chi connectivity index (χ4n) is 2.42. The number of halogens is 1. The van der Waals surface area contributed by atoms with Crippen LogP contribution in [0.5, 0.6) is 5.75 Å². The SMILES string of the molecule is CCOc1ccc(/C=N\Nc2nc(-c3ccc(NC(C)=O)cc3)cs2)cc1Cl. The van der Waals surface area contributed by atoms with Crippen LogP contribution in [0.3, 0.4) is 0 Å². The third-order valence-corrected chi connectivity index (χ3v) is 4.68. The molecule has 1 aromatic heterocycles. The van der Waals surface area contributed by atoms with E-state index in [-0.39, 0.29) is 5.91 Å². The van der Waals surface area contributed by atoms with Crippen LogP contribution in [-0.2, 0) is 4.79 Å². The number of benzene rings is 2. The first-order valence-corrected chi connectivity index (χ1v) is 9.86. The van der Waals surface area contributed by atoms with E-state index in [9.17, 15) is 4.79 Å². The van der Waals surface area contributed by atoms with Gasteiger partial charge in [-0.1, -0.05) is 23.7 Å². The van der Waals surface area contributed by atoms with Crippen LogP contribution in [0.2, 0.25) is 5.02 Å². The minimum atomic E-state index is -0.0976. The molecule has 0 bridgehead atoms. The van der Waals surface area contributed by atoms with Crippen LogP contribution >= 0.6 is 22.9 Å². The van der Waals surface area contributed by atoms with Crippen LogP contribution in [0.25, 0.3) is 11.3 Å². The average Bonchev–Trinajstić information content (AvgIpc) is 3.13. The molecule has 1 heterocycles. The number of anilines is 2. The van der Waals surface area contributed by atoms with Crippen LogP contribution < -0.4 is 15.5 Å². The minimum Gasteiger partial charge on any atom is -0.492 e. The number of hydrogen-bond acceptors (Lipinski definition) is 6. The van der Waals surface area contributed by atoms with Crippen molar-refractivity contribution in [2.75, 3.05) is 17.3 Å². The van der Waals surface area contributed by atoms with Crippen molar-refractivity contribution in [3.63, 3.8) is 0 Å². The number of rotatable bonds is 7. The molecule has 8 heteroatoms. The minimum absolute atomic E-state index is 0.0976. The molecule has 0 radical (unpaired) electrons. The number of nitrogens with one attached hydrogen (secondary N) is 2.